The van der Waals surface area contributed by atoms with Crippen LogP contribution >= 0.6 is 0 Å². The molecule has 0 spiro atoms. The first-order valence-electron chi connectivity index (χ1n) is 20.6. The van der Waals surface area contributed by atoms with Crippen molar-refractivity contribution in [1.82, 2.24) is 0 Å². The summed E-state index contributed by atoms with van der Waals surface area (Å²) in [4.78, 5) is 0. The molecule has 103 heavy (non-hydrogen) atoms. The molecule has 0 aliphatic heterocycles. The van der Waals surface area contributed by atoms with Gasteiger partial charge in [-0.1, -0.05) is 146 Å². The van der Waals surface area contributed by atoms with Crippen LogP contribution in [-0.4, -0.2) is 227 Å². The van der Waals surface area contributed by atoms with Crippen LogP contribution in [0.3, 0.4) is 0 Å². The average molecular weight is 3030 g/mol. The van der Waals surface area contributed by atoms with Crippen LogP contribution in [0.2, 0.25) is 0 Å². The van der Waals surface area contributed by atoms with Crippen LogP contribution in [0.4, 0.5) is 0 Å². The molecular weight excluding hydrogens is 2930 g/mol. The molecule has 6 rings (SSSR count). The number of hydrogen-bond acceptors (Lipinski definition) is 24. The third-order valence-corrected chi connectivity index (χ3v) is 9.27. The molecule has 0 atom stereocenters. The van der Waals surface area contributed by atoms with Crippen LogP contribution in [-0.2, 0) is 0 Å². The Kier molecular flexibility index (Phi) is 246. The normalized spacial score (nSPS) is 7.81. The largest absolute Gasteiger partial charge is 0.412 e. The van der Waals surface area contributed by atoms with Crippen LogP contribution in [0.25, 0.3) is 0 Å². The monoisotopic (exact) mass is 3030 g/mol. The Hall–Kier alpha value is 7.94. The minimum absolute atomic E-state index is 0. The van der Waals surface area contributed by atoms with Crippen molar-refractivity contribution in [1.29, 1.82) is 0 Å². The zero-order valence-corrected chi connectivity index (χ0v) is 97.5. The molecule has 62 N–H and O–H groups in total. The van der Waals surface area contributed by atoms with Gasteiger partial charge in [-0.25, -0.2) is 0 Å². The zero-order valence-electron chi connectivity index (χ0n) is 53.9. The Bertz CT molecular complexity index is 2010. The molecule has 6 aromatic rings. The summed E-state index contributed by atoms with van der Waals surface area (Å²) in [5.41, 5.74) is 2.11. The molecule has 584 valence electrons. The van der Waals surface area contributed by atoms with Crippen LogP contribution in [0.1, 0.15) is 142 Å². The van der Waals surface area contributed by atoms with Crippen LogP contribution in [0.5, 0.6) is 0 Å². The molecule has 0 bridgehead atoms. The van der Waals surface area contributed by atoms with Crippen molar-refractivity contribution < 1.29 is 654 Å². The summed E-state index contributed by atoms with van der Waals surface area (Å²) >= 11 is 0. The smallest absolute Gasteiger partial charge is 0.178 e. The third-order valence-electron chi connectivity index (χ3n) is 9.27. The zero-order chi connectivity index (χ0) is 54.8. The number of hydrogen-bond donors (Lipinski definition) is 24. The summed E-state index contributed by atoms with van der Waals surface area (Å²) < 4.78 is 0. The molecule has 0 fully saturated rings. The predicted octanol–water partition coefficient (Wildman–Crippen LogP) is -17.8. The van der Waals surface area contributed by atoms with E-state index in [4.69, 9.17) is 123 Å². The van der Waals surface area contributed by atoms with E-state index < -0.39 is 75.5 Å². The van der Waals surface area contributed by atoms with E-state index in [1.54, 1.807) is 48.5 Å². The first-order chi connectivity index (χ1) is 33.7. The summed E-state index contributed by atoms with van der Waals surface area (Å²) in [7, 11) is 0. The summed E-state index contributed by atoms with van der Waals surface area (Å²) in [5, 5.41) is 210. The molecule has 0 aromatic heterocycles. The Morgan fingerprint density at radius 1 is 0.117 bits per heavy atom. The number of rotatable bonds is 12. The first kappa shape index (κ1) is 210. The minimum atomic E-state index is -1.68. The topological polar surface area (TPSA) is 1080 Å². The molecular formula is C48H98La12O43. The number of benzene rings is 6. The van der Waals surface area contributed by atoms with Gasteiger partial charge in [0.25, 0.3) is 0 Å². The van der Waals surface area contributed by atoms with Crippen molar-refractivity contribution in [2.75, 3.05) is 0 Å². The number of aliphatic hydroxyl groups is 24. The van der Waals surface area contributed by atoms with Crippen molar-refractivity contribution in [2.45, 2.75) is 75.5 Å². The Labute approximate surface area is 923 Å². The fourth-order valence-electron chi connectivity index (χ4n) is 5.61. The maximum atomic E-state index is 8.79. The van der Waals surface area contributed by atoms with E-state index in [2.05, 4.69) is 0 Å². The fraction of sp³-hybridized carbons (Fsp3) is 0.250. The molecule has 0 saturated heterocycles. The van der Waals surface area contributed by atoms with Crippen molar-refractivity contribution in [3.8, 4) is 0 Å². The molecule has 0 aliphatic carbocycles. The summed E-state index contributed by atoms with van der Waals surface area (Å²) in [5.74, 6) is 0. The van der Waals surface area contributed by atoms with Gasteiger partial charge in [0.2, 0.25) is 0 Å². The molecule has 0 amide bonds. The SMILES string of the molecule is O.O.O.O.O.O.O.O.O.O.O.O.O.O.O.O.O.O.O.OC(O)c1ccc(C(O)O)cc1.OC(O)c1ccc(C(O)O)cc1.OC(O)c1ccccc1C(O)O.OC(O)c1ccccc1C(O)O.OC(O)c1ccccc1C(O)O.OC(O)c1ccccc1C(O)O.[La].[La].[La].[La].[La].[La].[La].[La].[La].[La].[La].[La]. The van der Waals surface area contributed by atoms with Gasteiger partial charge in [0.15, 0.2) is 75.5 Å². The van der Waals surface area contributed by atoms with Gasteiger partial charge in [0.1, 0.15) is 0 Å². The minimum Gasteiger partial charge on any atom is -0.412 e. The van der Waals surface area contributed by atoms with E-state index >= 15 is 0 Å². The Morgan fingerprint density at radius 2 is 0.184 bits per heavy atom. The second-order valence-electron chi connectivity index (χ2n) is 14.3. The standard InChI is InChI=1S/6C8H10O4.12La.19H2O/c2*9-7(10)5-1-2-6(4-3-5)8(11)12;4*9-7(10)5-3-1-2-4-6(5)8(11)12;;;;;;;;;;;;;;;;;;;;;;;;;;;;;;;/h6*1-4,7-12H;;;;;;;;;;;;;19*1H2. The van der Waals surface area contributed by atoms with E-state index in [-0.39, 0.29) is 576 Å². The molecule has 0 aliphatic rings. The van der Waals surface area contributed by atoms with Crippen LogP contribution < -0.4 is 0 Å². The van der Waals surface area contributed by atoms with Crippen molar-refractivity contribution in [3.63, 3.8) is 0 Å². The van der Waals surface area contributed by atoms with Crippen LogP contribution in [0, 0.1) is 427 Å². The van der Waals surface area contributed by atoms with Gasteiger partial charge in [0, 0.05) is 494 Å². The summed E-state index contributed by atoms with van der Waals surface area (Å²) in [6.07, 6.45) is -19.5. The molecule has 55 heteroatoms. The predicted molar refractivity (Wildman–Crippen MR) is 313 cm³/mol. The van der Waals surface area contributed by atoms with E-state index in [0.717, 1.165) is 0 Å². The van der Waals surface area contributed by atoms with Gasteiger partial charge < -0.3 is 227 Å². The van der Waals surface area contributed by atoms with Gasteiger partial charge in [-0.2, -0.15) is 0 Å². The van der Waals surface area contributed by atoms with Gasteiger partial charge in [0.05, 0.1) is 0 Å². The summed E-state index contributed by atoms with van der Waals surface area (Å²) in [6.45, 7) is 0. The van der Waals surface area contributed by atoms with Gasteiger partial charge >= 0.3 is 0 Å². The van der Waals surface area contributed by atoms with Gasteiger partial charge in [-0.15, -0.1) is 0 Å². The van der Waals surface area contributed by atoms with Gasteiger partial charge in [-0.05, 0) is 0 Å². The second kappa shape index (κ2) is 121. The first-order valence-corrected chi connectivity index (χ1v) is 20.6. The molecule has 0 unspecified atom stereocenters. The van der Waals surface area contributed by atoms with E-state index in [1.165, 1.54) is 97.1 Å². The molecule has 0 saturated carbocycles. The average Bonchev–Trinajstić information content (AvgIpc) is 3.34. The maximum absolute atomic E-state index is 8.79. The van der Waals surface area contributed by atoms with Crippen molar-refractivity contribution >= 4 is 0 Å². The molecule has 43 nitrogen and oxygen atoms in total. The molecule has 12 radical (unpaired) electrons. The fourth-order valence-corrected chi connectivity index (χ4v) is 5.61. The second-order valence-corrected chi connectivity index (χ2v) is 14.3. The van der Waals surface area contributed by atoms with E-state index in [9.17, 15) is 0 Å². The van der Waals surface area contributed by atoms with Crippen LogP contribution in [0.15, 0.2) is 146 Å². The molecule has 6 aromatic carbocycles. The van der Waals surface area contributed by atoms with Crippen molar-refractivity contribution in [3.05, 3.63) is 212 Å². The van der Waals surface area contributed by atoms with E-state index in [1.807, 2.05) is 0 Å². The van der Waals surface area contributed by atoms with E-state index in [0.29, 0.717) is 22.3 Å². The summed E-state index contributed by atoms with van der Waals surface area (Å²) in [6, 6.07) is 35.3. The number of aliphatic hydroxyl groups excluding tert-OH is 12. The Morgan fingerprint density at radius 3 is 0.233 bits per heavy atom. The van der Waals surface area contributed by atoms with Crippen molar-refractivity contribution in [2.24, 2.45) is 0 Å². The third kappa shape index (κ3) is 89.0. The Balaban J connectivity index is -0.0000000196. The maximum Gasteiger partial charge on any atom is 0.178 e. The molecule has 0 heterocycles. The quantitative estimate of drug-likeness (QED) is 0.0506. The van der Waals surface area contributed by atoms with Gasteiger partial charge in [-0.3, -0.25) is 0 Å².